The van der Waals surface area contributed by atoms with E-state index in [0.717, 1.165) is 11.1 Å². The number of hydrogen-bond donors (Lipinski definition) is 0. The Labute approximate surface area is 151 Å². The first-order chi connectivity index (χ1) is 12.0. The van der Waals surface area contributed by atoms with Crippen LogP contribution in [0.5, 0.6) is 0 Å². The van der Waals surface area contributed by atoms with Crippen LogP contribution in [-0.2, 0) is 20.9 Å². The molecule has 0 aliphatic rings. The molecular formula is C18H22N2O6. The molecule has 0 unspecified atom stereocenters. The molecule has 0 saturated heterocycles. The molecule has 2 aromatic carbocycles. The Kier molecular flexibility index (Phi) is 7.06. The summed E-state index contributed by atoms with van der Waals surface area (Å²) in [5, 5.41) is 18.8. The van der Waals surface area contributed by atoms with Crippen molar-refractivity contribution in [3.05, 3.63) is 92.0 Å². The molecule has 0 radical (unpaired) electrons. The van der Waals surface area contributed by atoms with Crippen LogP contribution in [0.15, 0.2) is 60.7 Å². The first-order valence-corrected chi connectivity index (χ1v) is 7.83. The topological polar surface area (TPSA) is 105 Å². The van der Waals surface area contributed by atoms with Gasteiger partial charge in [-0.15, -0.1) is 20.2 Å². The van der Waals surface area contributed by atoms with Gasteiger partial charge in [0.05, 0.1) is 0 Å². The van der Waals surface area contributed by atoms with E-state index in [2.05, 4.69) is 9.68 Å². The highest BCUT2D eigenvalue weighted by atomic mass is 17.0. The normalized spacial score (nSPS) is 10.9. The summed E-state index contributed by atoms with van der Waals surface area (Å²) in [6.45, 7) is 6.63. The SMILES string of the molecule is CC(C)(O[N+](=O)[O-])c1ccccc1.CC(C)(O[N+](=O)[O-])c1ccccc1. The Morgan fingerprint density at radius 2 is 0.923 bits per heavy atom. The van der Waals surface area contributed by atoms with Crippen molar-refractivity contribution in [2.75, 3.05) is 0 Å². The van der Waals surface area contributed by atoms with Crippen LogP contribution in [0.4, 0.5) is 0 Å². The fourth-order valence-electron chi connectivity index (χ4n) is 2.16. The Bertz CT molecular complexity index is 653. The van der Waals surface area contributed by atoms with E-state index in [1.165, 1.54) is 0 Å². The summed E-state index contributed by atoms with van der Waals surface area (Å²) in [5.74, 6) is 0. The van der Waals surface area contributed by atoms with Crippen LogP contribution in [0.3, 0.4) is 0 Å². The molecule has 0 bridgehead atoms. The van der Waals surface area contributed by atoms with Gasteiger partial charge in [-0.05, 0) is 38.8 Å². The monoisotopic (exact) mass is 362 g/mol. The van der Waals surface area contributed by atoms with Crippen molar-refractivity contribution in [2.24, 2.45) is 0 Å². The van der Waals surface area contributed by atoms with Crippen LogP contribution in [0, 0.1) is 20.2 Å². The molecule has 0 saturated carbocycles. The molecule has 0 amide bonds. The van der Waals surface area contributed by atoms with Gasteiger partial charge in [-0.1, -0.05) is 60.7 Å². The van der Waals surface area contributed by atoms with Crippen molar-refractivity contribution >= 4 is 0 Å². The van der Waals surface area contributed by atoms with E-state index < -0.39 is 21.4 Å². The highest BCUT2D eigenvalue weighted by Gasteiger charge is 2.25. The van der Waals surface area contributed by atoms with Crippen molar-refractivity contribution in [2.45, 2.75) is 38.9 Å². The fraction of sp³-hybridized carbons (Fsp3) is 0.333. The molecule has 0 aliphatic carbocycles. The van der Waals surface area contributed by atoms with Crippen molar-refractivity contribution < 1.29 is 19.8 Å². The maximum atomic E-state index is 10.2. The largest absolute Gasteiger partial charge is 0.303 e. The molecule has 8 heteroatoms. The lowest BCUT2D eigenvalue weighted by atomic mass is 9.99. The Morgan fingerprint density at radius 3 is 1.15 bits per heavy atom. The number of rotatable bonds is 6. The van der Waals surface area contributed by atoms with E-state index >= 15 is 0 Å². The number of nitrogens with zero attached hydrogens (tertiary/aromatic N) is 2. The molecule has 0 heterocycles. The lowest BCUT2D eigenvalue weighted by molar-refractivity contribution is -0.782. The molecule has 2 rings (SSSR count). The summed E-state index contributed by atoms with van der Waals surface area (Å²) in [5.41, 5.74) is -0.200. The second-order valence-corrected chi connectivity index (χ2v) is 6.38. The molecule has 140 valence electrons. The zero-order valence-corrected chi connectivity index (χ0v) is 15.1. The minimum Gasteiger partial charge on any atom is -0.303 e. The van der Waals surface area contributed by atoms with Crippen LogP contribution in [0.1, 0.15) is 38.8 Å². The Balaban J connectivity index is 0.000000260. The third kappa shape index (κ3) is 6.76. The maximum Gasteiger partial charge on any atom is 0.295 e. The van der Waals surface area contributed by atoms with Gasteiger partial charge in [0.2, 0.25) is 0 Å². The predicted octanol–water partition coefficient (Wildman–Crippen LogP) is 4.26. The molecule has 0 aliphatic heterocycles. The predicted molar refractivity (Wildman–Crippen MR) is 95.1 cm³/mol. The molecule has 0 atom stereocenters. The zero-order chi connectivity index (χ0) is 19.8. The van der Waals surface area contributed by atoms with E-state index in [9.17, 15) is 20.2 Å². The van der Waals surface area contributed by atoms with Crippen LogP contribution in [-0.4, -0.2) is 10.2 Å². The summed E-state index contributed by atoms with van der Waals surface area (Å²) in [6, 6.07) is 18.2. The molecule has 26 heavy (non-hydrogen) atoms. The van der Waals surface area contributed by atoms with E-state index in [0.29, 0.717) is 0 Å². The van der Waals surface area contributed by atoms with E-state index in [4.69, 9.17) is 0 Å². The molecular weight excluding hydrogens is 340 g/mol. The Morgan fingerprint density at radius 1 is 0.654 bits per heavy atom. The third-order valence-corrected chi connectivity index (χ3v) is 3.54. The average molecular weight is 362 g/mol. The minimum absolute atomic E-state index is 0.771. The van der Waals surface area contributed by atoms with Crippen molar-refractivity contribution in [1.29, 1.82) is 0 Å². The Hall–Kier alpha value is -3.16. The second-order valence-electron chi connectivity index (χ2n) is 6.38. The number of benzene rings is 2. The van der Waals surface area contributed by atoms with Crippen molar-refractivity contribution in [3.63, 3.8) is 0 Å². The van der Waals surface area contributed by atoms with Gasteiger partial charge in [0.25, 0.3) is 10.2 Å². The van der Waals surface area contributed by atoms with Gasteiger partial charge in [-0.2, -0.15) is 0 Å². The van der Waals surface area contributed by atoms with Crippen LogP contribution in [0.2, 0.25) is 0 Å². The molecule has 0 aromatic heterocycles. The van der Waals surface area contributed by atoms with Gasteiger partial charge < -0.3 is 9.68 Å². The average Bonchev–Trinajstić information content (AvgIpc) is 2.55. The molecule has 0 N–H and O–H groups in total. The lowest BCUT2D eigenvalue weighted by Gasteiger charge is -2.21. The molecule has 2 aromatic rings. The van der Waals surface area contributed by atoms with Gasteiger partial charge in [0.1, 0.15) is 11.2 Å². The summed E-state index contributed by atoms with van der Waals surface area (Å²) in [4.78, 5) is 29.4. The molecule has 0 fully saturated rings. The van der Waals surface area contributed by atoms with Crippen LogP contribution >= 0.6 is 0 Å². The smallest absolute Gasteiger partial charge is 0.295 e. The zero-order valence-electron chi connectivity index (χ0n) is 15.1. The lowest BCUT2D eigenvalue weighted by Crippen LogP contribution is -2.24. The minimum atomic E-state index is -0.884. The highest BCUT2D eigenvalue weighted by molar-refractivity contribution is 5.21. The standard InChI is InChI=1S/2C9H11NO3/c2*1-9(2,13-10(11)12)8-6-4-3-5-7-8/h2*3-7H,1-2H3. The summed E-state index contributed by atoms with van der Waals surface area (Å²) < 4.78 is 0. The molecule has 8 nitrogen and oxygen atoms in total. The molecule has 0 spiro atoms. The maximum absolute atomic E-state index is 10.2. The van der Waals surface area contributed by atoms with Crippen molar-refractivity contribution in [1.82, 2.24) is 0 Å². The van der Waals surface area contributed by atoms with E-state index in [1.807, 2.05) is 36.4 Å². The first kappa shape index (κ1) is 20.9. The van der Waals surface area contributed by atoms with Gasteiger partial charge in [-0.3, -0.25) is 0 Å². The van der Waals surface area contributed by atoms with Gasteiger partial charge in [-0.25, -0.2) is 0 Å². The summed E-state index contributed by atoms with van der Waals surface area (Å²) in [7, 11) is 0. The summed E-state index contributed by atoms with van der Waals surface area (Å²) in [6.07, 6.45) is 0. The van der Waals surface area contributed by atoms with Gasteiger partial charge in [0.15, 0.2) is 0 Å². The van der Waals surface area contributed by atoms with Crippen molar-refractivity contribution in [3.8, 4) is 0 Å². The van der Waals surface area contributed by atoms with Crippen LogP contribution in [0.25, 0.3) is 0 Å². The third-order valence-electron chi connectivity index (χ3n) is 3.54. The second kappa shape index (κ2) is 8.80. The van der Waals surface area contributed by atoms with Gasteiger partial charge >= 0.3 is 0 Å². The quantitative estimate of drug-likeness (QED) is 0.561. The van der Waals surface area contributed by atoms with Crippen LogP contribution < -0.4 is 0 Å². The summed E-state index contributed by atoms with van der Waals surface area (Å²) >= 11 is 0. The van der Waals surface area contributed by atoms with Gasteiger partial charge in [0, 0.05) is 0 Å². The van der Waals surface area contributed by atoms with E-state index in [1.54, 1.807) is 52.0 Å². The fourth-order valence-corrected chi connectivity index (χ4v) is 2.16. The first-order valence-electron chi connectivity index (χ1n) is 7.83. The number of hydrogen-bond acceptors (Lipinski definition) is 6. The highest BCUT2D eigenvalue weighted by Crippen LogP contribution is 2.24. The van der Waals surface area contributed by atoms with E-state index in [-0.39, 0.29) is 0 Å².